The van der Waals surface area contributed by atoms with Crippen molar-refractivity contribution in [2.24, 2.45) is 0 Å². The molecule has 8 heteroatoms. The van der Waals surface area contributed by atoms with Crippen LogP contribution in [0.25, 0.3) is 0 Å². The summed E-state index contributed by atoms with van der Waals surface area (Å²) in [4.78, 5) is 27.5. The van der Waals surface area contributed by atoms with Crippen molar-refractivity contribution in [2.75, 3.05) is 55.9 Å². The summed E-state index contributed by atoms with van der Waals surface area (Å²) in [6.07, 6.45) is 1.52. The second-order valence-electron chi connectivity index (χ2n) is 7.75. The maximum Gasteiger partial charge on any atom is 0.339 e. The number of carbonyl (C=O) groups excluding carboxylic acids is 1. The van der Waals surface area contributed by atoms with E-state index in [2.05, 4.69) is 44.0 Å². The average Bonchev–Trinajstić information content (AvgIpc) is 2.84. The maximum atomic E-state index is 12.2. The van der Waals surface area contributed by atoms with E-state index in [4.69, 9.17) is 10.5 Å². The summed E-state index contributed by atoms with van der Waals surface area (Å²) in [6.45, 7) is 4.45. The number of esters is 1. The predicted molar refractivity (Wildman–Crippen MR) is 126 cm³/mol. The van der Waals surface area contributed by atoms with E-state index in [1.165, 1.54) is 19.0 Å². The van der Waals surface area contributed by atoms with Crippen LogP contribution in [0.3, 0.4) is 0 Å². The normalized spacial score (nSPS) is 14.2. The molecule has 0 saturated carbocycles. The molecule has 1 aliphatic heterocycles. The SMILES string of the molecule is COC(=O)c1ccccc1N(C)c1ncnc(N2CCN(Cc3ccccc3)CC2)c1N. The molecule has 0 atom stereocenters. The number of piperazine rings is 1. The molecule has 8 nitrogen and oxygen atoms in total. The minimum absolute atomic E-state index is 0.408. The molecular weight excluding hydrogens is 404 g/mol. The van der Waals surface area contributed by atoms with E-state index in [1.54, 1.807) is 17.0 Å². The summed E-state index contributed by atoms with van der Waals surface area (Å²) >= 11 is 0. The number of ether oxygens (including phenoxy) is 1. The van der Waals surface area contributed by atoms with Gasteiger partial charge in [0.15, 0.2) is 11.6 Å². The summed E-state index contributed by atoms with van der Waals surface area (Å²) in [5.41, 5.74) is 9.46. The monoisotopic (exact) mass is 432 g/mol. The number of nitrogens with two attached hydrogens (primary N) is 1. The Morgan fingerprint density at radius 2 is 1.72 bits per heavy atom. The van der Waals surface area contributed by atoms with Crippen molar-refractivity contribution in [1.82, 2.24) is 14.9 Å². The van der Waals surface area contributed by atoms with Crippen molar-refractivity contribution in [2.45, 2.75) is 6.54 Å². The van der Waals surface area contributed by atoms with E-state index in [0.29, 0.717) is 22.8 Å². The zero-order valence-corrected chi connectivity index (χ0v) is 18.4. The van der Waals surface area contributed by atoms with Gasteiger partial charge in [0.1, 0.15) is 12.0 Å². The van der Waals surface area contributed by atoms with Crippen molar-refractivity contribution in [3.8, 4) is 0 Å². The van der Waals surface area contributed by atoms with Gasteiger partial charge in [-0.05, 0) is 17.7 Å². The van der Waals surface area contributed by atoms with E-state index in [-0.39, 0.29) is 0 Å². The Morgan fingerprint density at radius 1 is 1.03 bits per heavy atom. The molecule has 2 heterocycles. The molecule has 0 bridgehead atoms. The molecule has 0 unspecified atom stereocenters. The molecule has 166 valence electrons. The number of methoxy groups -OCH3 is 1. The zero-order valence-electron chi connectivity index (χ0n) is 18.4. The Labute approximate surface area is 188 Å². The van der Waals surface area contributed by atoms with Gasteiger partial charge in [0, 0.05) is 39.8 Å². The van der Waals surface area contributed by atoms with Crippen LogP contribution in [0.5, 0.6) is 0 Å². The fourth-order valence-corrected chi connectivity index (χ4v) is 4.02. The third-order valence-corrected chi connectivity index (χ3v) is 5.75. The Kier molecular flexibility index (Phi) is 6.51. The molecular formula is C24H28N6O2. The van der Waals surface area contributed by atoms with Crippen LogP contribution in [0.15, 0.2) is 60.9 Å². The molecule has 2 N–H and O–H groups in total. The van der Waals surface area contributed by atoms with Crippen LogP contribution in [-0.2, 0) is 11.3 Å². The first kappa shape index (κ1) is 21.6. The highest BCUT2D eigenvalue weighted by Gasteiger charge is 2.24. The average molecular weight is 433 g/mol. The van der Waals surface area contributed by atoms with Crippen LogP contribution in [0, 0.1) is 0 Å². The van der Waals surface area contributed by atoms with Gasteiger partial charge in [-0.2, -0.15) is 0 Å². The lowest BCUT2D eigenvalue weighted by Crippen LogP contribution is -2.46. The molecule has 1 aromatic heterocycles. The largest absolute Gasteiger partial charge is 0.465 e. The fourth-order valence-electron chi connectivity index (χ4n) is 4.02. The fraction of sp³-hybridized carbons (Fsp3) is 0.292. The number of para-hydroxylation sites is 1. The lowest BCUT2D eigenvalue weighted by molar-refractivity contribution is 0.0601. The van der Waals surface area contributed by atoms with E-state index >= 15 is 0 Å². The number of hydrogen-bond acceptors (Lipinski definition) is 8. The Bertz CT molecular complexity index is 1070. The zero-order chi connectivity index (χ0) is 22.5. The Morgan fingerprint density at radius 3 is 2.44 bits per heavy atom. The van der Waals surface area contributed by atoms with Gasteiger partial charge in [-0.1, -0.05) is 42.5 Å². The summed E-state index contributed by atoms with van der Waals surface area (Å²) in [6, 6.07) is 17.7. The number of carbonyl (C=O) groups is 1. The van der Waals surface area contributed by atoms with Crippen molar-refractivity contribution in [3.05, 3.63) is 72.1 Å². The molecule has 0 spiro atoms. The molecule has 4 rings (SSSR count). The second kappa shape index (κ2) is 9.65. The van der Waals surface area contributed by atoms with Crippen LogP contribution in [0.1, 0.15) is 15.9 Å². The highest BCUT2D eigenvalue weighted by Crippen LogP contribution is 2.34. The molecule has 0 radical (unpaired) electrons. The van der Waals surface area contributed by atoms with Crippen molar-refractivity contribution in [1.29, 1.82) is 0 Å². The summed E-state index contributed by atoms with van der Waals surface area (Å²) < 4.78 is 4.92. The summed E-state index contributed by atoms with van der Waals surface area (Å²) in [5, 5.41) is 0. The van der Waals surface area contributed by atoms with Gasteiger partial charge in [-0.15, -0.1) is 0 Å². The molecule has 2 aromatic carbocycles. The lowest BCUT2D eigenvalue weighted by atomic mass is 10.1. The number of aromatic nitrogens is 2. The van der Waals surface area contributed by atoms with Crippen molar-refractivity contribution < 1.29 is 9.53 Å². The van der Waals surface area contributed by atoms with Gasteiger partial charge >= 0.3 is 5.97 Å². The first-order valence-corrected chi connectivity index (χ1v) is 10.6. The smallest absolute Gasteiger partial charge is 0.339 e. The molecule has 1 saturated heterocycles. The lowest BCUT2D eigenvalue weighted by Gasteiger charge is -2.36. The van der Waals surface area contributed by atoms with E-state index in [1.807, 2.05) is 25.2 Å². The van der Waals surface area contributed by atoms with E-state index in [9.17, 15) is 4.79 Å². The highest BCUT2D eigenvalue weighted by atomic mass is 16.5. The van der Waals surface area contributed by atoms with Gasteiger partial charge in [0.05, 0.1) is 18.4 Å². The van der Waals surface area contributed by atoms with Gasteiger partial charge in [-0.25, -0.2) is 14.8 Å². The van der Waals surface area contributed by atoms with Crippen LogP contribution < -0.4 is 15.5 Å². The van der Waals surface area contributed by atoms with Gasteiger partial charge in [0.25, 0.3) is 0 Å². The van der Waals surface area contributed by atoms with Gasteiger partial charge in [0.2, 0.25) is 0 Å². The molecule has 0 amide bonds. The second-order valence-corrected chi connectivity index (χ2v) is 7.75. The maximum absolute atomic E-state index is 12.2. The van der Waals surface area contributed by atoms with Gasteiger partial charge < -0.3 is 20.3 Å². The summed E-state index contributed by atoms with van der Waals surface area (Å²) in [7, 11) is 3.20. The minimum atomic E-state index is -0.408. The van der Waals surface area contributed by atoms with E-state index < -0.39 is 5.97 Å². The van der Waals surface area contributed by atoms with Crippen LogP contribution in [0.2, 0.25) is 0 Å². The molecule has 3 aromatic rings. The number of nitrogens with zero attached hydrogens (tertiary/aromatic N) is 5. The minimum Gasteiger partial charge on any atom is -0.465 e. The number of anilines is 4. The van der Waals surface area contributed by atoms with E-state index in [0.717, 1.165) is 38.5 Å². The Balaban J connectivity index is 1.51. The first-order valence-electron chi connectivity index (χ1n) is 10.6. The topological polar surface area (TPSA) is 87.8 Å². The predicted octanol–water partition coefficient (Wildman–Crippen LogP) is 2.94. The van der Waals surface area contributed by atoms with Crippen LogP contribution >= 0.6 is 0 Å². The third-order valence-electron chi connectivity index (χ3n) is 5.75. The Hall–Kier alpha value is -3.65. The number of hydrogen-bond donors (Lipinski definition) is 1. The van der Waals surface area contributed by atoms with Crippen molar-refractivity contribution in [3.63, 3.8) is 0 Å². The van der Waals surface area contributed by atoms with Crippen LogP contribution in [0.4, 0.5) is 23.0 Å². The molecule has 32 heavy (non-hydrogen) atoms. The quantitative estimate of drug-likeness (QED) is 0.595. The van der Waals surface area contributed by atoms with Crippen LogP contribution in [-0.4, -0.2) is 61.2 Å². The highest BCUT2D eigenvalue weighted by molar-refractivity contribution is 5.97. The number of benzene rings is 2. The molecule has 1 fully saturated rings. The van der Waals surface area contributed by atoms with Gasteiger partial charge in [-0.3, -0.25) is 4.90 Å². The summed E-state index contributed by atoms with van der Waals surface area (Å²) in [5.74, 6) is 0.865. The third kappa shape index (κ3) is 4.50. The van der Waals surface area contributed by atoms with Crippen molar-refractivity contribution >= 4 is 29.0 Å². The first-order chi connectivity index (χ1) is 15.6. The number of nitrogen functional groups attached to an aromatic ring is 1. The molecule has 1 aliphatic rings. The molecule has 0 aliphatic carbocycles. The standard InChI is InChI=1S/C24H28N6O2/c1-28(20-11-7-6-10-19(20)24(31)32-2)22-21(25)23(27-17-26-22)30-14-12-29(13-15-30)16-18-8-4-3-5-9-18/h3-11,17H,12-16,25H2,1-2H3. The number of rotatable bonds is 6.